The summed E-state index contributed by atoms with van der Waals surface area (Å²) in [6.07, 6.45) is 5.67. The molecule has 1 unspecified atom stereocenters. The molecule has 0 aliphatic rings. The lowest BCUT2D eigenvalue weighted by Gasteiger charge is -2.11. The van der Waals surface area contributed by atoms with Gasteiger partial charge >= 0.3 is 0 Å². The van der Waals surface area contributed by atoms with Gasteiger partial charge in [0.25, 0.3) is 0 Å². The van der Waals surface area contributed by atoms with Crippen molar-refractivity contribution in [2.24, 2.45) is 5.73 Å². The molecule has 0 aliphatic carbocycles. The molecule has 68 valence electrons. The van der Waals surface area contributed by atoms with Crippen LogP contribution in [0.5, 0.6) is 0 Å². The summed E-state index contributed by atoms with van der Waals surface area (Å²) in [6, 6.07) is 5.46. The Kier molecular flexibility index (Phi) is 3.80. The van der Waals surface area contributed by atoms with Gasteiger partial charge in [0.1, 0.15) is 0 Å². The highest BCUT2D eigenvalue weighted by atomic mass is 79.9. The first kappa shape index (κ1) is 10.6. The Morgan fingerprint density at radius 2 is 2.31 bits per heavy atom. The summed E-state index contributed by atoms with van der Waals surface area (Å²) >= 11 is 9.35. The van der Waals surface area contributed by atoms with E-state index in [4.69, 9.17) is 23.8 Å². The fourth-order valence-electron chi connectivity index (χ4n) is 1.04. The van der Waals surface area contributed by atoms with E-state index >= 15 is 0 Å². The summed E-state index contributed by atoms with van der Waals surface area (Å²) in [4.78, 5) is 0. The van der Waals surface area contributed by atoms with E-state index in [0.717, 1.165) is 10.0 Å². The Balaban J connectivity index is 3.02. The summed E-state index contributed by atoms with van der Waals surface area (Å²) in [6.45, 7) is 0. The van der Waals surface area contributed by atoms with Crippen LogP contribution in [0.4, 0.5) is 0 Å². The summed E-state index contributed by atoms with van der Waals surface area (Å²) in [7, 11) is 0. The van der Waals surface area contributed by atoms with Gasteiger partial charge in [-0.2, -0.15) is 0 Å². The van der Waals surface area contributed by atoms with Gasteiger partial charge in [-0.25, -0.2) is 0 Å². The summed E-state index contributed by atoms with van der Waals surface area (Å²) in [5, 5.41) is 0.644. The maximum absolute atomic E-state index is 6.03. The lowest BCUT2D eigenvalue weighted by Crippen LogP contribution is -2.09. The van der Waals surface area contributed by atoms with E-state index in [-0.39, 0.29) is 6.04 Å². The van der Waals surface area contributed by atoms with Crippen LogP contribution in [0.25, 0.3) is 0 Å². The van der Waals surface area contributed by atoms with E-state index in [1.165, 1.54) is 0 Å². The van der Waals surface area contributed by atoms with Crippen molar-refractivity contribution in [3.63, 3.8) is 0 Å². The molecule has 0 heterocycles. The predicted octanol–water partition coefficient (Wildman–Crippen LogP) is 3.13. The first-order valence-electron chi connectivity index (χ1n) is 3.79. The molecule has 2 N–H and O–H groups in total. The molecule has 0 fully saturated rings. The summed E-state index contributed by atoms with van der Waals surface area (Å²) in [5.41, 5.74) is 6.71. The minimum Gasteiger partial charge on any atom is -0.323 e. The first-order chi connectivity index (χ1) is 6.16. The van der Waals surface area contributed by atoms with Crippen LogP contribution in [0.15, 0.2) is 22.7 Å². The first-order valence-corrected chi connectivity index (χ1v) is 4.97. The lowest BCUT2D eigenvalue weighted by atomic mass is 10.1. The van der Waals surface area contributed by atoms with Crippen LogP contribution in [-0.2, 0) is 0 Å². The third kappa shape index (κ3) is 2.47. The van der Waals surface area contributed by atoms with E-state index in [1.54, 1.807) is 0 Å². The van der Waals surface area contributed by atoms with Crippen LogP contribution in [0.3, 0.4) is 0 Å². The van der Waals surface area contributed by atoms with Gasteiger partial charge in [0.2, 0.25) is 0 Å². The number of terminal acetylenes is 1. The Labute approximate surface area is 91.4 Å². The van der Waals surface area contributed by atoms with Crippen molar-refractivity contribution in [3.05, 3.63) is 33.3 Å². The number of nitrogens with two attached hydrogens (primary N) is 1. The van der Waals surface area contributed by atoms with Crippen molar-refractivity contribution in [1.29, 1.82) is 0 Å². The second-order valence-corrected chi connectivity index (χ2v) is 3.89. The third-order valence-electron chi connectivity index (χ3n) is 1.72. The maximum atomic E-state index is 6.03. The van der Waals surface area contributed by atoms with Gasteiger partial charge in [-0.15, -0.1) is 12.3 Å². The second kappa shape index (κ2) is 4.66. The largest absolute Gasteiger partial charge is 0.323 e. The molecule has 1 atom stereocenters. The second-order valence-electron chi connectivity index (χ2n) is 2.66. The topological polar surface area (TPSA) is 26.0 Å². The molecule has 0 bridgehead atoms. The van der Waals surface area contributed by atoms with E-state index in [0.29, 0.717) is 11.4 Å². The quantitative estimate of drug-likeness (QED) is 0.811. The molecule has 0 aromatic heterocycles. The summed E-state index contributed by atoms with van der Waals surface area (Å²) < 4.78 is 0.846. The van der Waals surface area contributed by atoms with Crippen LogP contribution < -0.4 is 5.73 Å². The number of rotatable bonds is 2. The summed E-state index contributed by atoms with van der Waals surface area (Å²) in [5.74, 6) is 2.51. The molecule has 3 heteroatoms. The number of halogens is 2. The molecule has 0 saturated carbocycles. The van der Waals surface area contributed by atoms with Crippen LogP contribution in [0.1, 0.15) is 18.0 Å². The van der Waals surface area contributed by atoms with Gasteiger partial charge < -0.3 is 5.73 Å². The third-order valence-corrected chi connectivity index (χ3v) is 3.03. The Morgan fingerprint density at radius 1 is 1.62 bits per heavy atom. The molecule has 0 spiro atoms. The van der Waals surface area contributed by atoms with Gasteiger partial charge in [-0.05, 0) is 27.6 Å². The molecular weight excluding hydrogens is 249 g/mol. The number of hydrogen-bond acceptors (Lipinski definition) is 1. The molecule has 0 saturated heterocycles. The zero-order valence-electron chi connectivity index (χ0n) is 6.93. The van der Waals surface area contributed by atoms with Gasteiger partial charge in [-0.1, -0.05) is 23.7 Å². The van der Waals surface area contributed by atoms with Gasteiger partial charge in [0.05, 0.1) is 5.02 Å². The Hall–Kier alpha value is -0.490. The Bertz CT molecular complexity index is 343. The number of hydrogen-bond donors (Lipinski definition) is 1. The van der Waals surface area contributed by atoms with E-state index < -0.39 is 0 Å². The van der Waals surface area contributed by atoms with Crippen molar-refractivity contribution in [2.75, 3.05) is 0 Å². The zero-order chi connectivity index (χ0) is 9.84. The maximum Gasteiger partial charge on any atom is 0.0596 e. The highest BCUT2D eigenvalue weighted by molar-refractivity contribution is 9.10. The van der Waals surface area contributed by atoms with Crippen molar-refractivity contribution < 1.29 is 0 Å². The molecule has 1 aromatic carbocycles. The molecule has 13 heavy (non-hydrogen) atoms. The van der Waals surface area contributed by atoms with E-state index in [9.17, 15) is 0 Å². The molecule has 0 aliphatic heterocycles. The van der Waals surface area contributed by atoms with Gasteiger partial charge in [0.15, 0.2) is 0 Å². The standard InChI is InChI=1S/C10H9BrClN/c1-2-4-9(13)7-5-3-6-8(11)10(7)12/h1,3,5-6,9H,4,13H2. The smallest absolute Gasteiger partial charge is 0.0596 e. The Morgan fingerprint density at radius 3 is 2.92 bits per heavy atom. The fourth-order valence-corrected chi connectivity index (χ4v) is 1.69. The molecular formula is C10H9BrClN. The fraction of sp³-hybridized carbons (Fsp3) is 0.200. The van der Waals surface area contributed by atoms with Crippen LogP contribution in [0.2, 0.25) is 5.02 Å². The highest BCUT2D eigenvalue weighted by Gasteiger charge is 2.10. The monoisotopic (exact) mass is 257 g/mol. The SMILES string of the molecule is C#CCC(N)c1cccc(Br)c1Cl. The normalized spacial score (nSPS) is 12.2. The van der Waals surface area contributed by atoms with Gasteiger partial charge in [0, 0.05) is 16.9 Å². The lowest BCUT2D eigenvalue weighted by molar-refractivity contribution is 0.754. The predicted molar refractivity (Wildman–Crippen MR) is 59.5 cm³/mol. The number of benzene rings is 1. The van der Waals surface area contributed by atoms with Gasteiger partial charge in [-0.3, -0.25) is 0 Å². The minimum atomic E-state index is -0.185. The van der Waals surface area contributed by atoms with Crippen LogP contribution in [-0.4, -0.2) is 0 Å². The average Bonchev–Trinajstić information content (AvgIpc) is 2.10. The highest BCUT2D eigenvalue weighted by Crippen LogP contribution is 2.30. The van der Waals surface area contributed by atoms with Crippen molar-refractivity contribution in [2.45, 2.75) is 12.5 Å². The molecule has 0 radical (unpaired) electrons. The van der Waals surface area contributed by atoms with E-state index in [1.807, 2.05) is 18.2 Å². The average molecular weight is 259 g/mol. The molecule has 0 amide bonds. The van der Waals surface area contributed by atoms with E-state index in [2.05, 4.69) is 21.9 Å². The molecule has 1 nitrogen and oxygen atoms in total. The van der Waals surface area contributed by atoms with Crippen molar-refractivity contribution in [1.82, 2.24) is 0 Å². The van der Waals surface area contributed by atoms with Crippen LogP contribution in [0, 0.1) is 12.3 Å². The van der Waals surface area contributed by atoms with Crippen molar-refractivity contribution >= 4 is 27.5 Å². The molecule has 1 rings (SSSR count). The minimum absolute atomic E-state index is 0.185. The molecule has 1 aromatic rings. The van der Waals surface area contributed by atoms with Crippen LogP contribution >= 0.6 is 27.5 Å². The van der Waals surface area contributed by atoms with Crippen molar-refractivity contribution in [3.8, 4) is 12.3 Å². The zero-order valence-corrected chi connectivity index (χ0v) is 9.27.